The van der Waals surface area contributed by atoms with Crippen LogP contribution in [0.1, 0.15) is 11.7 Å². The zero-order chi connectivity index (χ0) is 14.7. The van der Waals surface area contributed by atoms with E-state index in [4.69, 9.17) is 0 Å². The van der Waals surface area contributed by atoms with Crippen LogP contribution in [0.4, 0.5) is 0 Å². The van der Waals surface area contributed by atoms with Gasteiger partial charge in [0.25, 0.3) is 0 Å². The van der Waals surface area contributed by atoms with Gasteiger partial charge >= 0.3 is 0 Å². The number of halogens is 1. The molecular formula is C16H14BrN3O. The number of rotatable bonds is 4. The number of aliphatic hydroxyl groups is 1. The highest BCUT2D eigenvalue weighted by molar-refractivity contribution is 9.10. The Bertz CT molecular complexity index is 710. The molecule has 0 aliphatic heterocycles. The van der Waals surface area contributed by atoms with Crippen molar-refractivity contribution in [2.24, 2.45) is 0 Å². The average Bonchev–Trinajstić information content (AvgIpc) is 2.97. The monoisotopic (exact) mass is 343 g/mol. The third-order valence-electron chi connectivity index (χ3n) is 3.28. The maximum absolute atomic E-state index is 10.4. The highest BCUT2D eigenvalue weighted by atomic mass is 79.9. The second kappa shape index (κ2) is 6.20. The van der Waals surface area contributed by atoms with Crippen LogP contribution in [0.25, 0.3) is 11.4 Å². The molecule has 2 aromatic heterocycles. The first-order valence-electron chi connectivity index (χ1n) is 6.59. The van der Waals surface area contributed by atoms with Crippen LogP contribution in [0.5, 0.6) is 0 Å². The molecule has 5 heteroatoms. The molecule has 0 aliphatic rings. The summed E-state index contributed by atoms with van der Waals surface area (Å²) in [6.45, 7) is 0.458. The summed E-state index contributed by atoms with van der Waals surface area (Å²) in [7, 11) is 0. The number of pyridine rings is 1. The van der Waals surface area contributed by atoms with Gasteiger partial charge in [-0.05, 0) is 29.8 Å². The number of aliphatic hydroxyl groups excluding tert-OH is 1. The van der Waals surface area contributed by atoms with Gasteiger partial charge in [-0.3, -0.25) is 4.98 Å². The fourth-order valence-corrected chi connectivity index (χ4v) is 2.46. The quantitative estimate of drug-likeness (QED) is 0.789. The van der Waals surface area contributed by atoms with E-state index in [1.165, 1.54) is 0 Å². The lowest BCUT2D eigenvalue weighted by atomic mass is 10.1. The first kappa shape index (κ1) is 14.0. The first-order chi connectivity index (χ1) is 10.2. The van der Waals surface area contributed by atoms with E-state index in [1.807, 2.05) is 47.2 Å². The Morgan fingerprint density at radius 1 is 1.05 bits per heavy atom. The molecule has 106 valence electrons. The van der Waals surface area contributed by atoms with Gasteiger partial charge in [0.2, 0.25) is 0 Å². The zero-order valence-electron chi connectivity index (χ0n) is 11.2. The van der Waals surface area contributed by atoms with E-state index < -0.39 is 6.10 Å². The molecule has 0 radical (unpaired) electrons. The maximum atomic E-state index is 10.4. The normalized spacial score (nSPS) is 12.3. The minimum atomic E-state index is -0.576. The van der Waals surface area contributed by atoms with Gasteiger partial charge in [0, 0.05) is 34.8 Å². The van der Waals surface area contributed by atoms with Crippen LogP contribution in [0.3, 0.4) is 0 Å². The molecule has 0 amide bonds. The molecule has 1 aromatic carbocycles. The van der Waals surface area contributed by atoms with Crippen LogP contribution in [0.15, 0.2) is 65.7 Å². The molecule has 1 N–H and O–H groups in total. The number of hydrogen-bond acceptors (Lipinski definition) is 3. The third kappa shape index (κ3) is 3.20. The van der Waals surface area contributed by atoms with Crippen LogP contribution in [-0.2, 0) is 6.54 Å². The lowest BCUT2D eigenvalue weighted by Crippen LogP contribution is -2.09. The minimum Gasteiger partial charge on any atom is -0.387 e. The predicted molar refractivity (Wildman–Crippen MR) is 84.6 cm³/mol. The van der Waals surface area contributed by atoms with Crippen molar-refractivity contribution in [2.45, 2.75) is 12.6 Å². The summed E-state index contributed by atoms with van der Waals surface area (Å²) >= 11 is 3.39. The summed E-state index contributed by atoms with van der Waals surface area (Å²) in [5, 5.41) is 10.4. The Kier molecular flexibility index (Phi) is 4.13. The van der Waals surface area contributed by atoms with Crippen molar-refractivity contribution in [2.75, 3.05) is 0 Å². The fraction of sp³-hybridized carbons (Fsp3) is 0.125. The van der Waals surface area contributed by atoms with Crippen LogP contribution >= 0.6 is 15.9 Å². The van der Waals surface area contributed by atoms with E-state index in [9.17, 15) is 5.11 Å². The average molecular weight is 344 g/mol. The lowest BCUT2D eigenvalue weighted by molar-refractivity contribution is 0.157. The molecule has 0 saturated carbocycles. The van der Waals surface area contributed by atoms with Crippen molar-refractivity contribution in [1.29, 1.82) is 0 Å². The van der Waals surface area contributed by atoms with E-state index in [-0.39, 0.29) is 0 Å². The van der Waals surface area contributed by atoms with E-state index in [0.717, 1.165) is 21.4 Å². The first-order valence-corrected chi connectivity index (χ1v) is 7.38. The predicted octanol–water partition coefficient (Wildman–Crippen LogP) is 3.44. The smallest absolute Gasteiger partial charge is 0.140 e. The Morgan fingerprint density at radius 3 is 2.48 bits per heavy atom. The molecular weight excluding hydrogens is 330 g/mol. The number of benzene rings is 1. The van der Waals surface area contributed by atoms with Crippen molar-refractivity contribution in [3.8, 4) is 11.4 Å². The van der Waals surface area contributed by atoms with Gasteiger partial charge in [-0.15, -0.1) is 0 Å². The largest absolute Gasteiger partial charge is 0.387 e. The molecule has 2 heterocycles. The molecule has 21 heavy (non-hydrogen) atoms. The molecule has 0 bridgehead atoms. The molecule has 4 nitrogen and oxygen atoms in total. The number of nitrogens with zero attached hydrogens (tertiary/aromatic N) is 3. The van der Waals surface area contributed by atoms with Crippen molar-refractivity contribution >= 4 is 15.9 Å². The summed E-state index contributed by atoms with van der Waals surface area (Å²) < 4.78 is 2.95. The third-order valence-corrected chi connectivity index (χ3v) is 3.81. The zero-order valence-corrected chi connectivity index (χ0v) is 12.8. The highest BCUT2D eigenvalue weighted by Crippen LogP contribution is 2.22. The van der Waals surface area contributed by atoms with E-state index in [0.29, 0.717) is 6.54 Å². The van der Waals surface area contributed by atoms with Crippen molar-refractivity contribution in [3.05, 3.63) is 71.2 Å². The molecule has 0 fully saturated rings. The fourth-order valence-electron chi connectivity index (χ4n) is 2.19. The Balaban J connectivity index is 1.83. The van der Waals surface area contributed by atoms with Crippen molar-refractivity contribution < 1.29 is 5.11 Å². The lowest BCUT2D eigenvalue weighted by Gasteiger charge is -2.14. The van der Waals surface area contributed by atoms with Gasteiger partial charge in [0.1, 0.15) is 5.82 Å². The van der Waals surface area contributed by atoms with Gasteiger partial charge in [-0.25, -0.2) is 4.98 Å². The summed E-state index contributed by atoms with van der Waals surface area (Å²) in [4.78, 5) is 8.37. The van der Waals surface area contributed by atoms with Crippen molar-refractivity contribution in [3.63, 3.8) is 0 Å². The van der Waals surface area contributed by atoms with Crippen LogP contribution < -0.4 is 0 Å². The highest BCUT2D eigenvalue weighted by Gasteiger charge is 2.12. The summed E-state index contributed by atoms with van der Waals surface area (Å²) in [6.07, 6.45) is 6.51. The van der Waals surface area contributed by atoms with E-state index >= 15 is 0 Å². The number of hydrogen-bond donors (Lipinski definition) is 1. The van der Waals surface area contributed by atoms with E-state index in [1.54, 1.807) is 18.6 Å². The van der Waals surface area contributed by atoms with Crippen LogP contribution in [0, 0.1) is 0 Å². The second-order valence-electron chi connectivity index (χ2n) is 4.71. The van der Waals surface area contributed by atoms with Gasteiger partial charge in [-0.1, -0.05) is 28.1 Å². The van der Waals surface area contributed by atoms with Gasteiger partial charge < -0.3 is 9.67 Å². The molecule has 0 aliphatic carbocycles. The maximum Gasteiger partial charge on any atom is 0.140 e. The summed E-state index contributed by atoms with van der Waals surface area (Å²) in [6, 6.07) is 11.5. The molecule has 0 saturated heterocycles. The molecule has 1 unspecified atom stereocenters. The van der Waals surface area contributed by atoms with Crippen molar-refractivity contribution in [1.82, 2.24) is 14.5 Å². The van der Waals surface area contributed by atoms with E-state index in [2.05, 4.69) is 25.9 Å². The Morgan fingerprint density at radius 2 is 1.76 bits per heavy atom. The van der Waals surface area contributed by atoms with Crippen LogP contribution in [0.2, 0.25) is 0 Å². The van der Waals surface area contributed by atoms with Gasteiger partial charge in [0.05, 0.1) is 12.6 Å². The SMILES string of the molecule is OC(Cn1ccnc1-c1ccncc1)c1ccc(Br)cc1. The number of aromatic nitrogens is 3. The minimum absolute atomic E-state index is 0.458. The van der Waals surface area contributed by atoms with Gasteiger partial charge in [0.15, 0.2) is 0 Å². The number of imidazole rings is 1. The topological polar surface area (TPSA) is 50.9 Å². The Hall–Kier alpha value is -1.98. The molecule has 0 spiro atoms. The Labute approximate surface area is 131 Å². The second-order valence-corrected chi connectivity index (χ2v) is 5.62. The summed E-state index contributed by atoms with van der Waals surface area (Å²) in [5.74, 6) is 0.827. The molecule has 3 rings (SSSR count). The van der Waals surface area contributed by atoms with Crippen LogP contribution in [-0.4, -0.2) is 19.6 Å². The molecule has 3 aromatic rings. The summed E-state index contributed by atoms with van der Waals surface area (Å²) in [5.41, 5.74) is 1.87. The van der Waals surface area contributed by atoms with Gasteiger partial charge in [-0.2, -0.15) is 0 Å². The standard InChI is InChI=1S/C16H14BrN3O/c17-14-3-1-12(2-4-14)15(21)11-20-10-9-19-16(20)13-5-7-18-8-6-13/h1-10,15,21H,11H2. The molecule has 1 atom stereocenters.